The van der Waals surface area contributed by atoms with Gasteiger partial charge in [-0.15, -0.1) is 5.10 Å². The van der Waals surface area contributed by atoms with Crippen LogP contribution in [0.1, 0.15) is 24.0 Å². The van der Waals surface area contributed by atoms with Gasteiger partial charge in [-0.25, -0.2) is 18.9 Å². The molecule has 1 N–H and O–H groups in total. The lowest BCUT2D eigenvalue weighted by atomic mass is 10.1. The van der Waals surface area contributed by atoms with Crippen molar-refractivity contribution in [1.82, 2.24) is 19.2 Å². The van der Waals surface area contributed by atoms with Crippen LogP contribution in [-0.4, -0.2) is 38.2 Å². The molecule has 1 fully saturated rings. The third kappa shape index (κ3) is 3.42. The number of aromatic nitrogens is 4. The molecule has 0 atom stereocenters. The van der Waals surface area contributed by atoms with Gasteiger partial charge in [0.15, 0.2) is 5.82 Å². The van der Waals surface area contributed by atoms with Crippen LogP contribution in [0.15, 0.2) is 35.4 Å². The zero-order chi connectivity index (χ0) is 19.0. The summed E-state index contributed by atoms with van der Waals surface area (Å²) in [5.74, 6) is 0.404. The maximum absolute atomic E-state index is 12.6. The third-order valence-corrected chi connectivity index (χ3v) is 4.69. The number of hydrogen-bond acceptors (Lipinski definition) is 5. The number of benzene rings is 1. The maximum atomic E-state index is 12.6. The highest BCUT2D eigenvalue weighted by Crippen LogP contribution is 2.20. The molecule has 2 aromatic heterocycles. The summed E-state index contributed by atoms with van der Waals surface area (Å²) < 4.78 is 2.64. The van der Waals surface area contributed by atoms with Crippen molar-refractivity contribution < 1.29 is 4.79 Å². The zero-order valence-corrected chi connectivity index (χ0v) is 15.5. The Balaban J connectivity index is 1.60. The monoisotopic (exact) mass is 366 g/mol. The van der Waals surface area contributed by atoms with E-state index in [0.717, 1.165) is 37.1 Å². The van der Waals surface area contributed by atoms with Gasteiger partial charge in [0.1, 0.15) is 6.54 Å². The Morgan fingerprint density at radius 3 is 2.56 bits per heavy atom. The first-order valence-electron chi connectivity index (χ1n) is 9.08. The Morgan fingerprint density at radius 1 is 1.15 bits per heavy atom. The summed E-state index contributed by atoms with van der Waals surface area (Å²) in [4.78, 5) is 31.6. The van der Waals surface area contributed by atoms with Crippen LogP contribution in [0.3, 0.4) is 0 Å². The van der Waals surface area contributed by atoms with Crippen molar-refractivity contribution in [1.29, 1.82) is 0 Å². The third-order valence-electron chi connectivity index (χ3n) is 4.69. The highest BCUT2D eigenvalue weighted by atomic mass is 16.2. The van der Waals surface area contributed by atoms with Crippen LogP contribution in [0.2, 0.25) is 0 Å². The fourth-order valence-corrected chi connectivity index (χ4v) is 3.57. The van der Waals surface area contributed by atoms with Gasteiger partial charge in [-0.2, -0.15) is 0 Å². The first kappa shape index (κ1) is 17.3. The summed E-state index contributed by atoms with van der Waals surface area (Å²) in [5.41, 5.74) is 2.99. The summed E-state index contributed by atoms with van der Waals surface area (Å²) in [6.07, 6.45) is 5.39. The van der Waals surface area contributed by atoms with Crippen molar-refractivity contribution in [3.63, 3.8) is 0 Å². The number of carbonyl (C=O) groups excluding carboxylic acids is 1. The standard InChI is InChI=1S/C19H22N6O2/c1-13-9-14(2)11-15(10-13)21-16(26)12-25-19(27)24-8-5-20-17(18(24)22-25)23-6-3-4-7-23/h5,8-11H,3-4,6-7,12H2,1-2H3,(H,21,26). The van der Waals surface area contributed by atoms with E-state index in [1.54, 1.807) is 12.4 Å². The highest BCUT2D eigenvalue weighted by molar-refractivity contribution is 5.90. The largest absolute Gasteiger partial charge is 0.353 e. The molecule has 0 aliphatic carbocycles. The topological polar surface area (TPSA) is 84.5 Å². The van der Waals surface area contributed by atoms with Crippen molar-refractivity contribution in [2.45, 2.75) is 33.2 Å². The molecule has 8 heteroatoms. The number of nitrogens with zero attached hydrogens (tertiary/aromatic N) is 5. The fourth-order valence-electron chi connectivity index (χ4n) is 3.57. The summed E-state index contributed by atoms with van der Waals surface area (Å²) in [7, 11) is 0. The molecule has 1 aliphatic heterocycles. The van der Waals surface area contributed by atoms with Crippen LogP contribution in [-0.2, 0) is 11.3 Å². The average Bonchev–Trinajstić information content (AvgIpc) is 3.23. The van der Waals surface area contributed by atoms with Gasteiger partial charge in [-0.05, 0) is 49.9 Å². The molecule has 1 amide bonds. The smallest absolute Gasteiger partial charge is 0.350 e. The highest BCUT2D eigenvalue weighted by Gasteiger charge is 2.20. The number of amides is 1. The molecule has 1 saturated heterocycles. The minimum absolute atomic E-state index is 0.146. The van der Waals surface area contributed by atoms with Crippen molar-refractivity contribution in [2.75, 3.05) is 23.3 Å². The number of hydrogen-bond donors (Lipinski definition) is 1. The van der Waals surface area contributed by atoms with Gasteiger partial charge < -0.3 is 10.2 Å². The van der Waals surface area contributed by atoms with Gasteiger partial charge in [0.25, 0.3) is 0 Å². The number of aryl methyl sites for hydroxylation is 2. The fraction of sp³-hybridized carbons (Fsp3) is 0.368. The Morgan fingerprint density at radius 2 is 1.85 bits per heavy atom. The molecule has 3 heterocycles. The lowest BCUT2D eigenvalue weighted by Crippen LogP contribution is -2.28. The Bertz CT molecular complexity index is 1040. The van der Waals surface area contributed by atoms with Crippen molar-refractivity contribution in [3.05, 3.63) is 52.2 Å². The molecular weight excluding hydrogens is 344 g/mol. The molecule has 0 bridgehead atoms. The summed E-state index contributed by atoms with van der Waals surface area (Å²) >= 11 is 0. The second kappa shape index (κ2) is 6.86. The zero-order valence-electron chi connectivity index (χ0n) is 15.5. The van der Waals surface area contributed by atoms with E-state index in [1.807, 2.05) is 32.0 Å². The molecule has 3 aromatic rings. The molecule has 140 valence electrons. The van der Waals surface area contributed by atoms with Crippen LogP contribution in [0.25, 0.3) is 5.65 Å². The molecule has 1 aliphatic rings. The van der Waals surface area contributed by atoms with Gasteiger partial charge in [-0.1, -0.05) is 6.07 Å². The first-order chi connectivity index (χ1) is 13.0. The molecule has 1 aromatic carbocycles. The Labute approximate surface area is 156 Å². The van der Waals surface area contributed by atoms with Crippen LogP contribution >= 0.6 is 0 Å². The average molecular weight is 366 g/mol. The predicted octanol–water partition coefficient (Wildman–Crippen LogP) is 1.75. The van der Waals surface area contributed by atoms with E-state index in [1.165, 1.54) is 9.08 Å². The molecule has 0 radical (unpaired) electrons. The second-order valence-corrected chi connectivity index (χ2v) is 7.00. The van der Waals surface area contributed by atoms with E-state index < -0.39 is 0 Å². The van der Waals surface area contributed by atoms with Crippen LogP contribution in [0, 0.1) is 13.8 Å². The number of carbonyl (C=O) groups is 1. The summed E-state index contributed by atoms with van der Waals surface area (Å²) in [6, 6.07) is 5.83. The Hall–Kier alpha value is -3.16. The number of fused-ring (bicyclic) bond motifs is 1. The predicted molar refractivity (Wildman–Crippen MR) is 103 cm³/mol. The van der Waals surface area contributed by atoms with E-state index in [9.17, 15) is 9.59 Å². The molecular formula is C19H22N6O2. The molecule has 8 nitrogen and oxygen atoms in total. The van der Waals surface area contributed by atoms with Gasteiger partial charge in [0, 0.05) is 31.2 Å². The molecule has 0 saturated carbocycles. The maximum Gasteiger partial charge on any atom is 0.350 e. The van der Waals surface area contributed by atoms with Crippen LogP contribution in [0.5, 0.6) is 0 Å². The molecule has 27 heavy (non-hydrogen) atoms. The van der Waals surface area contributed by atoms with Crippen LogP contribution < -0.4 is 15.9 Å². The molecule has 0 unspecified atom stereocenters. The minimum atomic E-state index is -0.344. The molecule has 4 rings (SSSR count). The number of anilines is 2. The molecule has 0 spiro atoms. The SMILES string of the molecule is Cc1cc(C)cc(NC(=O)Cn2nc3c(N4CCCC4)nccn3c2=O)c1. The van der Waals surface area contributed by atoms with Crippen molar-refractivity contribution >= 4 is 23.1 Å². The minimum Gasteiger partial charge on any atom is -0.353 e. The van der Waals surface area contributed by atoms with E-state index >= 15 is 0 Å². The number of rotatable bonds is 4. The second-order valence-electron chi connectivity index (χ2n) is 7.00. The van der Waals surface area contributed by atoms with E-state index in [4.69, 9.17) is 0 Å². The normalized spacial score (nSPS) is 14.1. The van der Waals surface area contributed by atoms with Crippen molar-refractivity contribution in [2.24, 2.45) is 0 Å². The van der Waals surface area contributed by atoms with Gasteiger partial charge >= 0.3 is 5.69 Å². The quantitative estimate of drug-likeness (QED) is 0.760. The van der Waals surface area contributed by atoms with Gasteiger partial charge in [0.05, 0.1) is 0 Å². The van der Waals surface area contributed by atoms with E-state index in [2.05, 4.69) is 20.3 Å². The Kier molecular flexibility index (Phi) is 4.39. The number of nitrogens with one attached hydrogen (secondary N) is 1. The first-order valence-corrected chi connectivity index (χ1v) is 9.08. The summed E-state index contributed by atoms with van der Waals surface area (Å²) in [6.45, 7) is 5.61. The lowest BCUT2D eigenvalue weighted by Gasteiger charge is -2.15. The van der Waals surface area contributed by atoms with E-state index in [-0.39, 0.29) is 18.1 Å². The summed E-state index contributed by atoms with van der Waals surface area (Å²) in [5, 5.41) is 7.22. The van der Waals surface area contributed by atoms with Gasteiger partial charge in [-0.3, -0.25) is 4.79 Å². The van der Waals surface area contributed by atoms with Crippen molar-refractivity contribution in [3.8, 4) is 0 Å². The lowest BCUT2D eigenvalue weighted by molar-refractivity contribution is -0.117. The van der Waals surface area contributed by atoms with Crippen LogP contribution in [0.4, 0.5) is 11.5 Å². The van der Waals surface area contributed by atoms with E-state index in [0.29, 0.717) is 17.2 Å². The van der Waals surface area contributed by atoms with Gasteiger partial charge in [0.2, 0.25) is 11.6 Å².